The van der Waals surface area contributed by atoms with Crippen LogP contribution in [0.1, 0.15) is 50.1 Å². The second-order valence-corrected chi connectivity index (χ2v) is 8.03. The molecule has 0 saturated heterocycles. The molecule has 0 aliphatic heterocycles. The van der Waals surface area contributed by atoms with Crippen molar-refractivity contribution in [2.24, 2.45) is 0 Å². The zero-order valence-electron chi connectivity index (χ0n) is 17.7. The Hall–Kier alpha value is -3.18. The summed E-state index contributed by atoms with van der Waals surface area (Å²) in [6.07, 6.45) is 0.741. The maximum absolute atomic E-state index is 10.5. The summed E-state index contributed by atoms with van der Waals surface area (Å²) < 4.78 is 0. The lowest BCUT2D eigenvalue weighted by molar-refractivity contribution is 0.278. The van der Waals surface area contributed by atoms with Crippen molar-refractivity contribution in [1.82, 2.24) is 0 Å². The van der Waals surface area contributed by atoms with E-state index in [2.05, 4.69) is 0 Å². The van der Waals surface area contributed by atoms with Gasteiger partial charge in [0.2, 0.25) is 0 Å². The van der Waals surface area contributed by atoms with Crippen LogP contribution in [0, 0.1) is 27.7 Å². The number of aliphatic hydroxyl groups is 1. The van der Waals surface area contributed by atoms with Crippen LogP contribution >= 0.6 is 0 Å². The molecule has 0 spiro atoms. The number of phenolic OH excluding ortho intramolecular Hbond substituents is 4. The fourth-order valence-electron chi connectivity index (χ4n) is 4.08. The molecule has 3 rings (SSSR count). The van der Waals surface area contributed by atoms with E-state index in [-0.39, 0.29) is 29.6 Å². The molecule has 0 heterocycles. The fraction of sp³-hybridized carbons (Fsp3) is 0.280. The molecule has 0 saturated carbocycles. The number of phenols is 4. The van der Waals surface area contributed by atoms with Crippen molar-refractivity contribution in [3.8, 4) is 23.0 Å². The molecule has 0 unspecified atom stereocenters. The van der Waals surface area contributed by atoms with Gasteiger partial charge in [-0.15, -0.1) is 0 Å². The molecule has 158 valence electrons. The van der Waals surface area contributed by atoms with E-state index in [1.165, 1.54) is 6.07 Å². The number of aliphatic hydroxyl groups excluding tert-OH is 1. The largest absolute Gasteiger partial charge is 0.507 e. The average molecular weight is 408 g/mol. The zero-order chi connectivity index (χ0) is 22.2. The molecule has 0 aliphatic carbocycles. The Morgan fingerprint density at radius 3 is 1.43 bits per heavy atom. The van der Waals surface area contributed by atoms with Crippen molar-refractivity contribution >= 4 is 0 Å². The first kappa shape index (κ1) is 21.5. The molecule has 0 amide bonds. The Morgan fingerprint density at radius 1 is 0.567 bits per heavy atom. The maximum atomic E-state index is 10.5. The lowest BCUT2D eigenvalue weighted by Crippen LogP contribution is -2.04. The summed E-state index contributed by atoms with van der Waals surface area (Å²) in [6.45, 7) is 6.98. The van der Waals surface area contributed by atoms with Crippen molar-refractivity contribution in [1.29, 1.82) is 0 Å². The van der Waals surface area contributed by atoms with Gasteiger partial charge in [-0.25, -0.2) is 0 Å². The highest BCUT2D eigenvalue weighted by molar-refractivity contribution is 5.56. The molecule has 3 aromatic carbocycles. The van der Waals surface area contributed by atoms with E-state index in [9.17, 15) is 25.5 Å². The summed E-state index contributed by atoms with van der Waals surface area (Å²) in [6, 6.07) is 8.90. The van der Waals surface area contributed by atoms with Crippen LogP contribution in [-0.2, 0) is 19.4 Å². The minimum absolute atomic E-state index is 0.236. The van der Waals surface area contributed by atoms with Crippen LogP contribution in [0.2, 0.25) is 0 Å². The van der Waals surface area contributed by atoms with Crippen molar-refractivity contribution in [2.75, 3.05) is 0 Å². The van der Waals surface area contributed by atoms with Gasteiger partial charge in [-0.05, 0) is 84.7 Å². The van der Waals surface area contributed by atoms with Gasteiger partial charge in [-0.3, -0.25) is 0 Å². The number of hydrogen-bond acceptors (Lipinski definition) is 5. The first-order chi connectivity index (χ1) is 14.1. The minimum Gasteiger partial charge on any atom is -0.507 e. The lowest BCUT2D eigenvalue weighted by atomic mass is 9.90. The molecule has 5 heteroatoms. The van der Waals surface area contributed by atoms with Crippen LogP contribution in [0.25, 0.3) is 0 Å². The highest BCUT2D eigenvalue weighted by Gasteiger charge is 2.19. The van der Waals surface area contributed by atoms with Crippen LogP contribution in [-0.4, -0.2) is 25.5 Å². The van der Waals surface area contributed by atoms with Gasteiger partial charge in [-0.2, -0.15) is 0 Å². The van der Waals surface area contributed by atoms with E-state index in [0.29, 0.717) is 29.5 Å². The Bertz CT molecular complexity index is 1070. The van der Waals surface area contributed by atoms with Gasteiger partial charge in [0.15, 0.2) is 11.5 Å². The van der Waals surface area contributed by atoms with Gasteiger partial charge in [0.05, 0.1) is 6.61 Å². The molecular formula is C25H28O5. The third-order valence-corrected chi connectivity index (χ3v) is 5.63. The summed E-state index contributed by atoms with van der Waals surface area (Å²) in [4.78, 5) is 0. The summed E-state index contributed by atoms with van der Waals surface area (Å²) in [5.41, 5.74) is 6.50. The fourth-order valence-corrected chi connectivity index (χ4v) is 4.08. The second kappa shape index (κ2) is 8.28. The van der Waals surface area contributed by atoms with Crippen LogP contribution in [0.5, 0.6) is 23.0 Å². The lowest BCUT2D eigenvalue weighted by Gasteiger charge is -2.18. The molecule has 30 heavy (non-hydrogen) atoms. The molecule has 0 aliphatic rings. The first-order valence-corrected chi connectivity index (χ1v) is 9.87. The van der Waals surface area contributed by atoms with Crippen molar-refractivity contribution in [3.05, 3.63) is 80.4 Å². The first-order valence-electron chi connectivity index (χ1n) is 9.87. The third-order valence-electron chi connectivity index (χ3n) is 5.63. The molecule has 0 bridgehead atoms. The van der Waals surface area contributed by atoms with E-state index in [1.807, 2.05) is 52.0 Å². The third kappa shape index (κ3) is 4.07. The highest BCUT2D eigenvalue weighted by atomic mass is 16.3. The number of rotatable bonds is 5. The Labute approximate surface area is 176 Å². The van der Waals surface area contributed by atoms with Crippen molar-refractivity contribution in [2.45, 2.75) is 47.1 Å². The van der Waals surface area contributed by atoms with Crippen LogP contribution in [0.4, 0.5) is 0 Å². The second-order valence-electron chi connectivity index (χ2n) is 8.03. The van der Waals surface area contributed by atoms with Gasteiger partial charge >= 0.3 is 0 Å². The number of hydrogen-bond donors (Lipinski definition) is 5. The quantitative estimate of drug-likeness (QED) is 0.403. The summed E-state index contributed by atoms with van der Waals surface area (Å²) in [5.74, 6) is 0.00866. The van der Waals surface area contributed by atoms with E-state index in [1.54, 1.807) is 0 Å². The summed E-state index contributed by atoms with van der Waals surface area (Å²) in [5, 5.41) is 51.0. The Balaban J connectivity index is 2.08. The normalized spacial score (nSPS) is 11.1. The van der Waals surface area contributed by atoms with Gasteiger partial charge in [0.1, 0.15) is 11.5 Å². The summed E-state index contributed by atoms with van der Waals surface area (Å²) >= 11 is 0. The standard InChI is InChI=1S/C25H28O5/c1-13-5-17(6-14(2)23(13)28)9-19-11-22(27)25(30)20(21(19)12-26)10-18-7-15(3)24(29)16(4)8-18/h5-8,11,26-30H,9-10,12H2,1-4H3. The van der Waals surface area contributed by atoms with E-state index < -0.39 is 0 Å². The molecular weight excluding hydrogens is 380 g/mol. The zero-order valence-corrected chi connectivity index (χ0v) is 17.7. The smallest absolute Gasteiger partial charge is 0.161 e. The Kier molecular flexibility index (Phi) is 5.94. The molecule has 5 nitrogen and oxygen atoms in total. The topological polar surface area (TPSA) is 101 Å². The molecule has 3 aromatic rings. The average Bonchev–Trinajstić information content (AvgIpc) is 2.68. The minimum atomic E-state index is -0.287. The van der Waals surface area contributed by atoms with E-state index in [0.717, 1.165) is 33.4 Å². The van der Waals surface area contributed by atoms with E-state index >= 15 is 0 Å². The predicted octanol–water partition coefficient (Wildman–Crippen LogP) is 4.42. The number of aryl methyl sites for hydroxylation is 4. The number of benzene rings is 3. The molecule has 0 atom stereocenters. The van der Waals surface area contributed by atoms with Gasteiger partial charge in [0, 0.05) is 12.0 Å². The van der Waals surface area contributed by atoms with Crippen molar-refractivity contribution < 1.29 is 25.5 Å². The predicted molar refractivity (Wildman–Crippen MR) is 116 cm³/mol. The SMILES string of the molecule is Cc1cc(Cc2cc(O)c(O)c(Cc3cc(C)c(O)c(C)c3)c2CO)cc(C)c1O. The number of aromatic hydroxyl groups is 4. The van der Waals surface area contributed by atoms with Gasteiger partial charge in [0.25, 0.3) is 0 Å². The monoisotopic (exact) mass is 408 g/mol. The Morgan fingerprint density at radius 2 is 1.00 bits per heavy atom. The van der Waals surface area contributed by atoms with Gasteiger partial charge in [-0.1, -0.05) is 24.3 Å². The maximum Gasteiger partial charge on any atom is 0.161 e. The van der Waals surface area contributed by atoms with Gasteiger partial charge < -0.3 is 25.5 Å². The van der Waals surface area contributed by atoms with Crippen LogP contribution in [0.3, 0.4) is 0 Å². The van der Waals surface area contributed by atoms with Crippen LogP contribution in [0.15, 0.2) is 30.3 Å². The molecule has 0 fully saturated rings. The molecule has 0 aromatic heterocycles. The summed E-state index contributed by atoms with van der Waals surface area (Å²) in [7, 11) is 0. The molecule has 5 N–H and O–H groups in total. The highest BCUT2D eigenvalue weighted by Crippen LogP contribution is 2.38. The molecule has 0 radical (unpaired) electrons. The van der Waals surface area contributed by atoms with Crippen LogP contribution < -0.4 is 0 Å². The van der Waals surface area contributed by atoms with E-state index in [4.69, 9.17) is 0 Å². The van der Waals surface area contributed by atoms with Crippen molar-refractivity contribution in [3.63, 3.8) is 0 Å².